The Balaban J connectivity index is 1.87. The summed E-state index contributed by atoms with van der Waals surface area (Å²) in [6.07, 6.45) is 0.937. The predicted octanol–water partition coefficient (Wildman–Crippen LogP) is 2.65. The van der Waals surface area contributed by atoms with Crippen molar-refractivity contribution in [1.82, 2.24) is 0 Å². The molecule has 0 radical (unpaired) electrons. The van der Waals surface area contributed by atoms with Crippen LogP contribution in [0.25, 0.3) is 0 Å². The molecule has 0 bridgehead atoms. The highest BCUT2D eigenvalue weighted by molar-refractivity contribution is 7.09. The molecule has 0 fully saturated rings. The van der Waals surface area contributed by atoms with E-state index in [-0.39, 0.29) is 5.75 Å². The Labute approximate surface area is 111 Å². The lowest BCUT2D eigenvalue weighted by atomic mass is 10.1. The third kappa shape index (κ3) is 3.75. The molecule has 3 nitrogen and oxygen atoms in total. The molecule has 1 aromatic heterocycles. The maximum absolute atomic E-state index is 9.34. The van der Waals surface area contributed by atoms with E-state index < -0.39 is 0 Å². The Morgan fingerprint density at radius 1 is 1.28 bits per heavy atom. The molecule has 1 aromatic carbocycles. The summed E-state index contributed by atoms with van der Waals surface area (Å²) >= 11 is 1.74. The van der Waals surface area contributed by atoms with Crippen molar-refractivity contribution in [3.05, 3.63) is 46.7 Å². The minimum atomic E-state index is 0.218. The topological polar surface area (TPSA) is 55.5 Å². The first-order valence-corrected chi connectivity index (χ1v) is 6.80. The quantitative estimate of drug-likeness (QED) is 0.842. The summed E-state index contributed by atoms with van der Waals surface area (Å²) in [5.74, 6) is 1.20. The van der Waals surface area contributed by atoms with Crippen LogP contribution in [0.2, 0.25) is 0 Å². The molecule has 96 valence electrons. The molecule has 0 aliphatic rings. The fourth-order valence-corrected chi connectivity index (χ4v) is 2.53. The summed E-state index contributed by atoms with van der Waals surface area (Å²) in [5.41, 5.74) is 5.76. The standard InChI is InChI=1S/C14H17NO2S/c15-9-11(7-14-5-2-6-18-14)10-17-13-4-1-3-12(16)8-13/h1-6,8,11,16H,7,9-10,15H2. The molecule has 1 unspecified atom stereocenters. The number of rotatable bonds is 6. The van der Waals surface area contributed by atoms with Crippen LogP contribution in [0.5, 0.6) is 11.5 Å². The monoisotopic (exact) mass is 263 g/mol. The van der Waals surface area contributed by atoms with Crippen LogP contribution in [0.1, 0.15) is 4.88 Å². The summed E-state index contributed by atoms with van der Waals surface area (Å²) in [5, 5.41) is 11.4. The van der Waals surface area contributed by atoms with Crippen LogP contribution in [0.3, 0.4) is 0 Å². The number of phenolic OH excluding ortho intramolecular Hbond substituents is 1. The van der Waals surface area contributed by atoms with E-state index in [1.54, 1.807) is 29.5 Å². The second-order valence-electron chi connectivity index (χ2n) is 4.19. The minimum Gasteiger partial charge on any atom is -0.508 e. The summed E-state index contributed by atoms with van der Waals surface area (Å²) < 4.78 is 5.65. The minimum absolute atomic E-state index is 0.218. The molecule has 0 aliphatic heterocycles. The zero-order chi connectivity index (χ0) is 12.8. The third-order valence-electron chi connectivity index (χ3n) is 2.71. The lowest BCUT2D eigenvalue weighted by Crippen LogP contribution is -2.23. The van der Waals surface area contributed by atoms with Crippen molar-refractivity contribution in [2.75, 3.05) is 13.2 Å². The van der Waals surface area contributed by atoms with Crippen molar-refractivity contribution in [3.63, 3.8) is 0 Å². The predicted molar refractivity (Wildman–Crippen MR) is 74.2 cm³/mol. The van der Waals surface area contributed by atoms with Gasteiger partial charge in [-0.05, 0) is 36.5 Å². The highest BCUT2D eigenvalue weighted by Crippen LogP contribution is 2.19. The van der Waals surface area contributed by atoms with E-state index in [0.29, 0.717) is 24.8 Å². The number of thiophene rings is 1. The van der Waals surface area contributed by atoms with Gasteiger partial charge in [-0.15, -0.1) is 11.3 Å². The lowest BCUT2D eigenvalue weighted by Gasteiger charge is -2.15. The van der Waals surface area contributed by atoms with Crippen LogP contribution in [-0.4, -0.2) is 18.3 Å². The maximum Gasteiger partial charge on any atom is 0.122 e. The zero-order valence-electron chi connectivity index (χ0n) is 10.1. The SMILES string of the molecule is NCC(COc1cccc(O)c1)Cc1cccs1. The van der Waals surface area contributed by atoms with Crippen molar-refractivity contribution in [1.29, 1.82) is 0 Å². The Morgan fingerprint density at radius 3 is 2.83 bits per heavy atom. The fraction of sp³-hybridized carbons (Fsp3) is 0.286. The molecule has 3 N–H and O–H groups in total. The van der Waals surface area contributed by atoms with Gasteiger partial charge in [-0.25, -0.2) is 0 Å². The van der Waals surface area contributed by atoms with Crippen molar-refractivity contribution in [3.8, 4) is 11.5 Å². The van der Waals surface area contributed by atoms with Crippen molar-refractivity contribution < 1.29 is 9.84 Å². The Kier molecular flexibility index (Phi) is 4.61. The molecule has 1 heterocycles. The summed E-state index contributed by atoms with van der Waals surface area (Å²) in [7, 11) is 0. The van der Waals surface area contributed by atoms with E-state index >= 15 is 0 Å². The number of benzene rings is 1. The van der Waals surface area contributed by atoms with Gasteiger partial charge in [-0.2, -0.15) is 0 Å². The largest absolute Gasteiger partial charge is 0.508 e. The first-order valence-electron chi connectivity index (χ1n) is 5.92. The molecule has 0 amide bonds. The number of phenols is 1. The van der Waals surface area contributed by atoms with Crippen LogP contribution < -0.4 is 10.5 Å². The molecular weight excluding hydrogens is 246 g/mol. The summed E-state index contributed by atoms with van der Waals surface area (Å²) in [4.78, 5) is 1.32. The van der Waals surface area contributed by atoms with Crippen molar-refractivity contribution in [2.24, 2.45) is 11.7 Å². The Morgan fingerprint density at radius 2 is 2.17 bits per heavy atom. The lowest BCUT2D eigenvalue weighted by molar-refractivity contribution is 0.251. The number of ether oxygens (including phenoxy) is 1. The van der Waals surface area contributed by atoms with E-state index in [0.717, 1.165) is 6.42 Å². The molecule has 0 spiro atoms. The summed E-state index contributed by atoms with van der Waals surface area (Å²) in [6.45, 7) is 1.16. The number of hydrogen-bond donors (Lipinski definition) is 2. The summed E-state index contributed by atoms with van der Waals surface area (Å²) in [6, 6.07) is 11.0. The first-order chi connectivity index (χ1) is 8.78. The average molecular weight is 263 g/mol. The second-order valence-corrected chi connectivity index (χ2v) is 5.23. The molecule has 18 heavy (non-hydrogen) atoms. The fourth-order valence-electron chi connectivity index (χ4n) is 1.71. The van der Waals surface area contributed by atoms with Crippen LogP contribution in [-0.2, 0) is 6.42 Å². The van der Waals surface area contributed by atoms with E-state index in [4.69, 9.17) is 10.5 Å². The molecular formula is C14H17NO2S. The molecule has 4 heteroatoms. The first kappa shape index (κ1) is 12.9. The Bertz CT molecular complexity index is 470. The van der Waals surface area contributed by atoms with Crippen LogP contribution >= 0.6 is 11.3 Å². The molecule has 2 rings (SSSR count). The zero-order valence-corrected chi connectivity index (χ0v) is 10.9. The van der Waals surface area contributed by atoms with Gasteiger partial charge < -0.3 is 15.6 Å². The van der Waals surface area contributed by atoms with E-state index in [1.807, 2.05) is 12.1 Å². The molecule has 0 saturated heterocycles. The number of nitrogens with two attached hydrogens (primary N) is 1. The van der Waals surface area contributed by atoms with Gasteiger partial charge in [0.1, 0.15) is 11.5 Å². The molecule has 0 aliphatic carbocycles. The highest BCUT2D eigenvalue weighted by Gasteiger charge is 2.10. The maximum atomic E-state index is 9.34. The second kappa shape index (κ2) is 6.42. The molecule has 1 atom stereocenters. The van der Waals surface area contributed by atoms with Gasteiger partial charge in [-0.3, -0.25) is 0 Å². The van der Waals surface area contributed by atoms with Gasteiger partial charge in [0.2, 0.25) is 0 Å². The van der Waals surface area contributed by atoms with Gasteiger partial charge in [0, 0.05) is 16.9 Å². The Hall–Kier alpha value is -1.52. The number of aromatic hydroxyl groups is 1. The van der Waals surface area contributed by atoms with Crippen molar-refractivity contribution in [2.45, 2.75) is 6.42 Å². The van der Waals surface area contributed by atoms with Gasteiger partial charge >= 0.3 is 0 Å². The van der Waals surface area contributed by atoms with E-state index in [1.165, 1.54) is 4.88 Å². The smallest absolute Gasteiger partial charge is 0.122 e. The van der Waals surface area contributed by atoms with Crippen LogP contribution in [0, 0.1) is 5.92 Å². The van der Waals surface area contributed by atoms with E-state index in [2.05, 4.69) is 11.4 Å². The highest BCUT2D eigenvalue weighted by atomic mass is 32.1. The normalized spacial score (nSPS) is 12.3. The van der Waals surface area contributed by atoms with Crippen molar-refractivity contribution >= 4 is 11.3 Å². The van der Waals surface area contributed by atoms with Crippen LogP contribution in [0.4, 0.5) is 0 Å². The molecule has 2 aromatic rings. The van der Waals surface area contributed by atoms with Crippen LogP contribution in [0.15, 0.2) is 41.8 Å². The number of hydrogen-bond acceptors (Lipinski definition) is 4. The van der Waals surface area contributed by atoms with Gasteiger partial charge in [0.15, 0.2) is 0 Å². The van der Waals surface area contributed by atoms with Gasteiger partial charge in [0.05, 0.1) is 6.61 Å². The van der Waals surface area contributed by atoms with Gasteiger partial charge in [0.25, 0.3) is 0 Å². The average Bonchev–Trinajstić information content (AvgIpc) is 2.87. The molecule has 0 saturated carbocycles. The van der Waals surface area contributed by atoms with E-state index in [9.17, 15) is 5.11 Å². The van der Waals surface area contributed by atoms with Gasteiger partial charge in [-0.1, -0.05) is 12.1 Å². The third-order valence-corrected chi connectivity index (χ3v) is 3.61.